The lowest BCUT2D eigenvalue weighted by Gasteiger charge is -2.15. The molecular weight excluding hydrogens is 314 g/mol. The largest absolute Gasteiger partial charge is 0.469 e. The lowest BCUT2D eigenvalue weighted by Crippen LogP contribution is -2.30. The molecule has 0 bridgehead atoms. The molecule has 0 aliphatic carbocycles. The summed E-state index contributed by atoms with van der Waals surface area (Å²) in [4.78, 5) is 12.2. The molecule has 1 atom stereocenters. The van der Waals surface area contributed by atoms with E-state index in [9.17, 15) is 4.79 Å². The van der Waals surface area contributed by atoms with Crippen LogP contribution in [0.4, 0.5) is 0 Å². The fourth-order valence-corrected chi connectivity index (χ4v) is 3.03. The summed E-state index contributed by atoms with van der Waals surface area (Å²) in [5.74, 6) is 1.02. The summed E-state index contributed by atoms with van der Waals surface area (Å²) in [6, 6.07) is 16.1. The minimum Gasteiger partial charge on any atom is -0.469 e. The molecule has 5 heteroatoms. The van der Waals surface area contributed by atoms with Gasteiger partial charge in [-0.15, -0.1) is 0 Å². The van der Waals surface area contributed by atoms with E-state index in [4.69, 9.17) is 4.42 Å². The SMILES string of the molecule is Cc1cc(C)n(CC(=O)NCC[C@H](c2ccccc2)c2ccco2)n1. The van der Waals surface area contributed by atoms with Gasteiger partial charge in [0.2, 0.25) is 5.91 Å². The number of furan rings is 1. The summed E-state index contributed by atoms with van der Waals surface area (Å²) >= 11 is 0. The number of aromatic nitrogens is 2. The van der Waals surface area contributed by atoms with Gasteiger partial charge in [-0.25, -0.2) is 0 Å². The van der Waals surface area contributed by atoms with Gasteiger partial charge in [0, 0.05) is 18.2 Å². The first-order chi connectivity index (χ1) is 12.1. The fourth-order valence-electron chi connectivity index (χ4n) is 3.03. The highest BCUT2D eigenvalue weighted by molar-refractivity contribution is 5.75. The van der Waals surface area contributed by atoms with Crippen LogP contribution >= 0.6 is 0 Å². The van der Waals surface area contributed by atoms with Crippen molar-refractivity contribution in [1.29, 1.82) is 0 Å². The van der Waals surface area contributed by atoms with Gasteiger partial charge in [-0.1, -0.05) is 30.3 Å². The van der Waals surface area contributed by atoms with Gasteiger partial charge in [-0.2, -0.15) is 5.10 Å². The first-order valence-corrected chi connectivity index (χ1v) is 8.49. The standard InChI is InChI=1S/C20H23N3O2/c1-15-13-16(2)23(22-15)14-20(24)21-11-10-18(19-9-6-12-25-19)17-7-4-3-5-8-17/h3-9,12-13,18H,10-11,14H2,1-2H3,(H,21,24)/t18-/m1/s1. The molecule has 0 fully saturated rings. The molecule has 3 rings (SSSR count). The average Bonchev–Trinajstić information content (AvgIpc) is 3.23. The Morgan fingerprint density at radius 2 is 2.00 bits per heavy atom. The average molecular weight is 337 g/mol. The van der Waals surface area contributed by atoms with Crippen LogP contribution in [-0.4, -0.2) is 22.2 Å². The molecule has 25 heavy (non-hydrogen) atoms. The molecule has 0 unspecified atom stereocenters. The van der Waals surface area contributed by atoms with Gasteiger partial charge in [-0.3, -0.25) is 9.48 Å². The van der Waals surface area contributed by atoms with E-state index in [1.165, 1.54) is 5.56 Å². The summed E-state index contributed by atoms with van der Waals surface area (Å²) in [6.45, 7) is 4.71. The minimum absolute atomic E-state index is 0.0301. The Hall–Kier alpha value is -2.82. The van der Waals surface area contributed by atoms with E-state index in [1.807, 2.05) is 50.2 Å². The third-order valence-corrected chi connectivity index (χ3v) is 4.24. The van der Waals surface area contributed by atoms with Crippen LogP contribution < -0.4 is 5.32 Å². The van der Waals surface area contributed by atoms with Crippen molar-refractivity contribution in [2.75, 3.05) is 6.54 Å². The molecular formula is C20H23N3O2. The molecule has 1 amide bonds. The lowest BCUT2D eigenvalue weighted by atomic mass is 9.93. The molecule has 0 saturated carbocycles. The third kappa shape index (κ3) is 4.38. The molecule has 0 aliphatic rings. The Bertz CT molecular complexity index is 807. The Balaban J connectivity index is 1.58. The summed E-state index contributed by atoms with van der Waals surface area (Å²) in [6.07, 6.45) is 2.47. The van der Waals surface area contributed by atoms with Crippen molar-refractivity contribution in [2.45, 2.75) is 32.7 Å². The quantitative estimate of drug-likeness (QED) is 0.718. The van der Waals surface area contributed by atoms with E-state index in [0.29, 0.717) is 6.54 Å². The number of amides is 1. The highest BCUT2D eigenvalue weighted by Gasteiger charge is 2.17. The maximum Gasteiger partial charge on any atom is 0.241 e. The first kappa shape index (κ1) is 17.0. The predicted octanol–water partition coefficient (Wildman–Crippen LogP) is 3.43. The number of carbonyl (C=O) groups excluding carboxylic acids is 1. The van der Waals surface area contributed by atoms with E-state index in [2.05, 4.69) is 22.5 Å². The van der Waals surface area contributed by atoms with Gasteiger partial charge in [0.05, 0.1) is 12.0 Å². The molecule has 5 nitrogen and oxygen atoms in total. The predicted molar refractivity (Wildman–Crippen MR) is 96.3 cm³/mol. The number of hydrogen-bond donors (Lipinski definition) is 1. The molecule has 0 aliphatic heterocycles. The zero-order valence-electron chi connectivity index (χ0n) is 14.6. The van der Waals surface area contributed by atoms with Crippen LogP contribution in [0.15, 0.2) is 59.2 Å². The molecule has 2 aromatic heterocycles. The van der Waals surface area contributed by atoms with Crippen LogP contribution in [0.1, 0.15) is 35.1 Å². The van der Waals surface area contributed by atoms with Crippen molar-refractivity contribution in [1.82, 2.24) is 15.1 Å². The summed E-state index contributed by atoms with van der Waals surface area (Å²) in [7, 11) is 0. The lowest BCUT2D eigenvalue weighted by molar-refractivity contribution is -0.121. The van der Waals surface area contributed by atoms with E-state index in [-0.39, 0.29) is 18.4 Å². The van der Waals surface area contributed by atoms with Gasteiger partial charge in [0.15, 0.2) is 0 Å². The van der Waals surface area contributed by atoms with Crippen LogP contribution in [0, 0.1) is 13.8 Å². The van der Waals surface area contributed by atoms with Gasteiger partial charge < -0.3 is 9.73 Å². The molecule has 130 valence electrons. The zero-order valence-corrected chi connectivity index (χ0v) is 14.6. The number of aryl methyl sites for hydroxylation is 2. The van der Waals surface area contributed by atoms with Crippen molar-refractivity contribution >= 4 is 5.91 Å². The van der Waals surface area contributed by atoms with Crippen LogP contribution in [0.25, 0.3) is 0 Å². The molecule has 0 saturated heterocycles. The van der Waals surface area contributed by atoms with Crippen molar-refractivity contribution in [3.05, 3.63) is 77.5 Å². The topological polar surface area (TPSA) is 60.1 Å². The van der Waals surface area contributed by atoms with Crippen LogP contribution in [0.3, 0.4) is 0 Å². The number of hydrogen-bond acceptors (Lipinski definition) is 3. The van der Waals surface area contributed by atoms with E-state index in [0.717, 1.165) is 23.6 Å². The zero-order chi connectivity index (χ0) is 17.6. The van der Waals surface area contributed by atoms with E-state index in [1.54, 1.807) is 10.9 Å². The number of nitrogens with zero attached hydrogens (tertiary/aromatic N) is 2. The number of benzene rings is 1. The van der Waals surface area contributed by atoms with Gasteiger partial charge >= 0.3 is 0 Å². The minimum atomic E-state index is -0.0301. The monoisotopic (exact) mass is 337 g/mol. The van der Waals surface area contributed by atoms with E-state index < -0.39 is 0 Å². The van der Waals surface area contributed by atoms with Crippen LogP contribution in [0.2, 0.25) is 0 Å². The van der Waals surface area contributed by atoms with Crippen molar-refractivity contribution in [3.63, 3.8) is 0 Å². The Labute approximate surface area is 147 Å². The molecule has 0 spiro atoms. The molecule has 0 radical (unpaired) electrons. The summed E-state index contributed by atoms with van der Waals surface area (Å²) in [5, 5.41) is 7.31. The van der Waals surface area contributed by atoms with Gasteiger partial charge in [-0.05, 0) is 44.0 Å². The first-order valence-electron chi connectivity index (χ1n) is 8.49. The highest BCUT2D eigenvalue weighted by atomic mass is 16.3. The Morgan fingerprint density at radius 3 is 2.64 bits per heavy atom. The summed E-state index contributed by atoms with van der Waals surface area (Å²) < 4.78 is 7.32. The maximum absolute atomic E-state index is 12.2. The van der Waals surface area contributed by atoms with E-state index >= 15 is 0 Å². The number of rotatable bonds is 7. The smallest absolute Gasteiger partial charge is 0.241 e. The van der Waals surface area contributed by atoms with Gasteiger partial charge in [0.25, 0.3) is 0 Å². The highest BCUT2D eigenvalue weighted by Crippen LogP contribution is 2.27. The molecule has 1 N–H and O–H groups in total. The number of nitrogens with one attached hydrogen (secondary N) is 1. The normalized spacial score (nSPS) is 12.1. The van der Waals surface area contributed by atoms with Crippen LogP contribution in [-0.2, 0) is 11.3 Å². The Kier molecular flexibility index (Phi) is 5.33. The van der Waals surface area contributed by atoms with Crippen molar-refractivity contribution in [2.24, 2.45) is 0 Å². The fraction of sp³-hybridized carbons (Fsp3) is 0.300. The van der Waals surface area contributed by atoms with Crippen molar-refractivity contribution in [3.8, 4) is 0 Å². The second kappa shape index (κ2) is 7.83. The van der Waals surface area contributed by atoms with Crippen molar-refractivity contribution < 1.29 is 9.21 Å². The second-order valence-corrected chi connectivity index (χ2v) is 6.20. The molecule has 3 aromatic rings. The second-order valence-electron chi connectivity index (χ2n) is 6.20. The maximum atomic E-state index is 12.2. The summed E-state index contributed by atoms with van der Waals surface area (Å²) in [5.41, 5.74) is 3.10. The number of carbonyl (C=O) groups is 1. The van der Waals surface area contributed by atoms with Gasteiger partial charge in [0.1, 0.15) is 12.3 Å². The van der Waals surface area contributed by atoms with Crippen LogP contribution in [0.5, 0.6) is 0 Å². The Morgan fingerprint density at radius 1 is 1.20 bits per heavy atom. The molecule has 1 aromatic carbocycles. The molecule has 2 heterocycles. The third-order valence-electron chi connectivity index (χ3n) is 4.24.